The Hall–Kier alpha value is -1.62. The van der Waals surface area contributed by atoms with Gasteiger partial charge in [-0.1, -0.05) is 44.7 Å². The van der Waals surface area contributed by atoms with E-state index in [2.05, 4.69) is 29.2 Å². The minimum Gasteiger partial charge on any atom is -0.310 e. The smallest absolute Gasteiger partial charge is 0.228 e. The number of hydrogen-bond acceptors (Lipinski definition) is 3. The van der Waals surface area contributed by atoms with Gasteiger partial charge in [-0.15, -0.1) is 0 Å². The average molecular weight is 321 g/mol. The van der Waals surface area contributed by atoms with Crippen molar-refractivity contribution in [3.05, 3.63) is 23.0 Å². The lowest BCUT2D eigenvalue weighted by Crippen LogP contribution is -2.25. The third-order valence-electron chi connectivity index (χ3n) is 4.32. The van der Waals surface area contributed by atoms with Crippen LogP contribution in [-0.4, -0.2) is 20.5 Å². The summed E-state index contributed by atoms with van der Waals surface area (Å²) in [6.45, 7) is 4.17. The van der Waals surface area contributed by atoms with Gasteiger partial charge in [0.25, 0.3) is 0 Å². The van der Waals surface area contributed by atoms with Crippen LogP contribution >= 0.6 is 11.6 Å². The molecule has 1 N–H and O–H groups in total. The standard InChI is InChI=1S/C16H21ClN4O/c1-10(2)12-9-18-21-14(8-13(17)19-15(12)21)20-16(22)11-6-4-3-5-7-11/h8-11H,3-7H2,1-2H3,(H,20,22). The Morgan fingerprint density at radius 1 is 1.36 bits per heavy atom. The topological polar surface area (TPSA) is 59.3 Å². The van der Waals surface area contributed by atoms with Gasteiger partial charge < -0.3 is 5.32 Å². The molecule has 1 aliphatic rings. The molecule has 1 aliphatic carbocycles. The van der Waals surface area contributed by atoms with E-state index < -0.39 is 0 Å². The zero-order chi connectivity index (χ0) is 15.7. The molecule has 2 heterocycles. The Labute approximate surface area is 135 Å². The van der Waals surface area contributed by atoms with Crippen LogP contribution in [0.3, 0.4) is 0 Å². The second kappa shape index (κ2) is 6.24. The molecule has 2 aromatic rings. The summed E-state index contributed by atoms with van der Waals surface area (Å²) in [5.74, 6) is 1.04. The van der Waals surface area contributed by atoms with Crippen LogP contribution in [0.15, 0.2) is 12.3 Å². The number of amides is 1. The first kappa shape index (κ1) is 15.3. The predicted molar refractivity (Wildman–Crippen MR) is 87.3 cm³/mol. The van der Waals surface area contributed by atoms with E-state index in [1.165, 1.54) is 6.42 Å². The summed E-state index contributed by atoms with van der Waals surface area (Å²) in [5, 5.41) is 7.71. The second-order valence-corrected chi connectivity index (χ2v) is 6.67. The number of hydrogen-bond donors (Lipinski definition) is 1. The quantitative estimate of drug-likeness (QED) is 0.869. The monoisotopic (exact) mass is 320 g/mol. The molecule has 0 bridgehead atoms. The lowest BCUT2D eigenvalue weighted by Gasteiger charge is -2.20. The molecule has 22 heavy (non-hydrogen) atoms. The van der Waals surface area contributed by atoms with Crippen LogP contribution in [0.2, 0.25) is 5.15 Å². The van der Waals surface area contributed by atoms with Gasteiger partial charge in [0.2, 0.25) is 5.91 Å². The highest BCUT2D eigenvalue weighted by molar-refractivity contribution is 6.29. The summed E-state index contributed by atoms with van der Waals surface area (Å²) in [6, 6.07) is 1.66. The Kier molecular flexibility index (Phi) is 4.34. The van der Waals surface area contributed by atoms with Gasteiger partial charge in [0.15, 0.2) is 5.65 Å². The van der Waals surface area contributed by atoms with E-state index in [4.69, 9.17) is 11.6 Å². The van der Waals surface area contributed by atoms with Gasteiger partial charge in [0.1, 0.15) is 11.0 Å². The van der Waals surface area contributed by atoms with E-state index in [-0.39, 0.29) is 11.8 Å². The average Bonchev–Trinajstić information content (AvgIpc) is 2.92. The van der Waals surface area contributed by atoms with Crippen molar-refractivity contribution >= 4 is 29.0 Å². The molecule has 1 saturated carbocycles. The van der Waals surface area contributed by atoms with E-state index in [0.717, 1.165) is 31.2 Å². The normalized spacial score (nSPS) is 16.4. The highest BCUT2D eigenvalue weighted by atomic mass is 35.5. The summed E-state index contributed by atoms with van der Waals surface area (Å²) >= 11 is 6.12. The number of halogens is 1. The van der Waals surface area contributed by atoms with Gasteiger partial charge in [0.05, 0.1) is 6.20 Å². The minimum absolute atomic E-state index is 0.0601. The van der Waals surface area contributed by atoms with Crippen LogP contribution in [0, 0.1) is 5.92 Å². The Morgan fingerprint density at radius 3 is 2.77 bits per heavy atom. The third-order valence-corrected chi connectivity index (χ3v) is 4.51. The molecular formula is C16H21ClN4O. The Balaban J connectivity index is 1.91. The van der Waals surface area contributed by atoms with Crippen LogP contribution in [0.4, 0.5) is 5.82 Å². The number of carbonyl (C=O) groups is 1. The van der Waals surface area contributed by atoms with Crippen molar-refractivity contribution in [2.45, 2.75) is 51.9 Å². The van der Waals surface area contributed by atoms with Crippen LogP contribution in [0.5, 0.6) is 0 Å². The van der Waals surface area contributed by atoms with Gasteiger partial charge in [-0.3, -0.25) is 4.79 Å². The molecule has 5 nitrogen and oxygen atoms in total. The fourth-order valence-electron chi connectivity index (χ4n) is 3.04. The van der Waals surface area contributed by atoms with E-state index >= 15 is 0 Å². The maximum atomic E-state index is 12.4. The van der Waals surface area contributed by atoms with Gasteiger partial charge in [0, 0.05) is 17.5 Å². The minimum atomic E-state index is 0.0601. The molecular weight excluding hydrogens is 300 g/mol. The molecule has 1 fully saturated rings. The summed E-state index contributed by atoms with van der Waals surface area (Å²) < 4.78 is 1.67. The van der Waals surface area contributed by atoms with Crippen molar-refractivity contribution in [3.63, 3.8) is 0 Å². The van der Waals surface area contributed by atoms with E-state index in [1.807, 2.05) is 0 Å². The van der Waals surface area contributed by atoms with Gasteiger partial charge in [-0.25, -0.2) is 4.98 Å². The molecule has 0 saturated heterocycles. The SMILES string of the molecule is CC(C)c1cnn2c(NC(=O)C3CCCCC3)cc(Cl)nc12. The first-order valence-electron chi connectivity index (χ1n) is 7.91. The first-order valence-corrected chi connectivity index (χ1v) is 8.29. The van der Waals surface area contributed by atoms with E-state index in [9.17, 15) is 4.79 Å². The van der Waals surface area contributed by atoms with E-state index in [0.29, 0.717) is 22.5 Å². The summed E-state index contributed by atoms with van der Waals surface area (Å²) in [5.41, 5.74) is 1.73. The molecule has 0 aliphatic heterocycles. The lowest BCUT2D eigenvalue weighted by molar-refractivity contribution is -0.120. The highest BCUT2D eigenvalue weighted by Crippen LogP contribution is 2.27. The molecule has 118 valence electrons. The molecule has 0 radical (unpaired) electrons. The van der Waals surface area contributed by atoms with Gasteiger partial charge >= 0.3 is 0 Å². The molecule has 0 unspecified atom stereocenters. The molecule has 0 atom stereocenters. The largest absolute Gasteiger partial charge is 0.310 e. The number of anilines is 1. The van der Waals surface area contributed by atoms with Crippen molar-refractivity contribution in [2.75, 3.05) is 5.32 Å². The van der Waals surface area contributed by atoms with E-state index in [1.54, 1.807) is 16.8 Å². The lowest BCUT2D eigenvalue weighted by atomic mass is 9.89. The van der Waals surface area contributed by atoms with Crippen LogP contribution in [0.1, 0.15) is 57.4 Å². The highest BCUT2D eigenvalue weighted by Gasteiger charge is 2.22. The maximum Gasteiger partial charge on any atom is 0.228 e. The molecule has 0 spiro atoms. The summed E-state index contributed by atoms with van der Waals surface area (Å²) in [7, 11) is 0. The number of nitrogens with one attached hydrogen (secondary N) is 1. The van der Waals surface area contributed by atoms with Crippen LogP contribution in [0.25, 0.3) is 5.65 Å². The Bertz CT molecular complexity index is 689. The van der Waals surface area contributed by atoms with Crippen molar-refractivity contribution < 1.29 is 4.79 Å². The third kappa shape index (κ3) is 2.95. The number of aromatic nitrogens is 3. The Morgan fingerprint density at radius 2 is 2.09 bits per heavy atom. The summed E-state index contributed by atoms with van der Waals surface area (Å²) in [4.78, 5) is 16.8. The van der Waals surface area contributed by atoms with Gasteiger partial charge in [-0.2, -0.15) is 9.61 Å². The van der Waals surface area contributed by atoms with Gasteiger partial charge in [-0.05, 0) is 18.8 Å². The molecule has 6 heteroatoms. The van der Waals surface area contributed by atoms with Crippen LogP contribution < -0.4 is 5.32 Å². The fraction of sp³-hybridized carbons (Fsp3) is 0.562. The van der Waals surface area contributed by atoms with Crippen molar-refractivity contribution in [2.24, 2.45) is 5.92 Å². The van der Waals surface area contributed by atoms with Crippen LogP contribution in [-0.2, 0) is 4.79 Å². The fourth-order valence-corrected chi connectivity index (χ4v) is 3.22. The van der Waals surface area contributed by atoms with Crippen molar-refractivity contribution in [1.82, 2.24) is 14.6 Å². The molecule has 2 aromatic heterocycles. The maximum absolute atomic E-state index is 12.4. The first-order chi connectivity index (χ1) is 10.6. The predicted octanol–water partition coefficient (Wildman–Crippen LogP) is 4.02. The molecule has 0 aromatic carbocycles. The van der Waals surface area contributed by atoms with Crippen molar-refractivity contribution in [1.29, 1.82) is 0 Å². The zero-order valence-electron chi connectivity index (χ0n) is 13.0. The zero-order valence-corrected chi connectivity index (χ0v) is 13.7. The van der Waals surface area contributed by atoms with Crippen molar-refractivity contribution in [3.8, 4) is 0 Å². The number of fused-ring (bicyclic) bond motifs is 1. The molecule has 3 rings (SSSR count). The number of carbonyl (C=O) groups excluding carboxylic acids is 1. The number of nitrogens with zero attached hydrogens (tertiary/aromatic N) is 3. The molecule has 1 amide bonds. The number of rotatable bonds is 3. The second-order valence-electron chi connectivity index (χ2n) is 6.28. The summed E-state index contributed by atoms with van der Waals surface area (Å²) in [6.07, 6.45) is 7.20.